The molecule has 10 nitrogen and oxygen atoms in total. The molecule has 14 heteroatoms. The molecule has 2 aliphatic heterocycles. The Kier molecular flexibility index (Phi) is 9.98. The van der Waals surface area contributed by atoms with Crippen LogP contribution in [0.3, 0.4) is 0 Å². The third-order valence-corrected chi connectivity index (χ3v) is 9.82. The number of piperidine rings is 1. The number of likely N-dealkylation sites (tertiary alicyclic amines) is 1. The first-order valence-corrected chi connectivity index (χ1v) is 15.3. The topological polar surface area (TPSA) is 127 Å². The van der Waals surface area contributed by atoms with Crippen LogP contribution in [0.5, 0.6) is 0 Å². The zero-order valence-electron chi connectivity index (χ0n) is 24.8. The van der Waals surface area contributed by atoms with Crippen LogP contribution >= 0.6 is 11.9 Å². The second-order valence-electron chi connectivity index (χ2n) is 12.3. The van der Waals surface area contributed by atoms with E-state index in [2.05, 4.69) is 4.98 Å². The highest BCUT2D eigenvalue weighted by molar-refractivity contribution is 7.98. The predicted molar refractivity (Wildman–Crippen MR) is 151 cm³/mol. The van der Waals surface area contributed by atoms with E-state index in [4.69, 9.17) is 15.1 Å². The van der Waals surface area contributed by atoms with E-state index in [1.165, 1.54) is 6.07 Å². The largest absolute Gasteiger partial charge is 0.480 e. The van der Waals surface area contributed by atoms with Gasteiger partial charge in [-0.2, -0.15) is 22.7 Å². The molecule has 0 spiro atoms. The van der Waals surface area contributed by atoms with Gasteiger partial charge in [0.2, 0.25) is 0 Å². The molecule has 3 amide bonds. The van der Waals surface area contributed by atoms with Crippen molar-refractivity contribution in [2.24, 2.45) is 5.92 Å². The molecule has 43 heavy (non-hydrogen) atoms. The van der Waals surface area contributed by atoms with Gasteiger partial charge in [-0.05, 0) is 84.6 Å². The van der Waals surface area contributed by atoms with E-state index in [1.54, 1.807) is 18.7 Å². The number of carboxylic acids is 1. The maximum atomic E-state index is 13.5. The maximum absolute atomic E-state index is 13.5. The Balaban J connectivity index is 1.30. The van der Waals surface area contributed by atoms with Crippen LogP contribution in [-0.2, 0) is 20.5 Å². The van der Waals surface area contributed by atoms with Crippen LogP contribution in [0, 0.1) is 17.2 Å². The van der Waals surface area contributed by atoms with E-state index < -0.39 is 40.9 Å². The molecule has 0 radical (unpaired) electrons. The lowest BCUT2D eigenvalue weighted by atomic mass is 9.82. The summed E-state index contributed by atoms with van der Waals surface area (Å²) >= 11 is 0.587. The summed E-state index contributed by atoms with van der Waals surface area (Å²) in [4.78, 5) is 45.0. The molecule has 1 aromatic rings. The first kappa shape index (κ1) is 33.0. The van der Waals surface area contributed by atoms with Crippen molar-refractivity contribution in [2.75, 3.05) is 13.2 Å². The van der Waals surface area contributed by atoms with Crippen LogP contribution in [0.4, 0.5) is 18.0 Å². The summed E-state index contributed by atoms with van der Waals surface area (Å²) in [6.45, 7) is 7.99. The molecule has 3 aliphatic rings. The van der Waals surface area contributed by atoms with Crippen LogP contribution in [-0.4, -0.2) is 85.0 Å². The van der Waals surface area contributed by atoms with Gasteiger partial charge in [-0.25, -0.2) is 9.78 Å². The van der Waals surface area contributed by atoms with Crippen molar-refractivity contribution in [2.45, 2.75) is 113 Å². The van der Waals surface area contributed by atoms with Crippen molar-refractivity contribution in [3.8, 4) is 6.07 Å². The maximum Gasteiger partial charge on any atom is 0.419 e. The molecule has 4 rings (SSSR count). The van der Waals surface area contributed by atoms with Gasteiger partial charge in [0, 0.05) is 47.8 Å². The molecule has 2 saturated heterocycles. The first-order valence-electron chi connectivity index (χ1n) is 14.6. The number of pyridine rings is 1. The Hall–Kier alpha value is -2.89. The number of nitriles is 1. The number of halogens is 3. The van der Waals surface area contributed by atoms with Crippen LogP contribution in [0.1, 0.15) is 83.9 Å². The van der Waals surface area contributed by atoms with Crippen molar-refractivity contribution >= 4 is 29.9 Å². The molecule has 236 valence electrons. The standard InChI is InChI=1S/C29H38F3N5O5S/c1-17-11-21(12-18(2)35(17)16-25(38)39)42-10-9-19-5-7-20(8-6-19)36-27(41)37(26(40)28(36,3)4)43-22-13-23(29(30,31)32)24(14-33)34-15-22/h13,15,17-21H,5-12,16H2,1-4H3,(H,38,39). The van der Waals surface area contributed by atoms with E-state index >= 15 is 0 Å². The summed E-state index contributed by atoms with van der Waals surface area (Å²) in [5.74, 6) is -0.939. The Labute approximate surface area is 253 Å². The van der Waals surface area contributed by atoms with Crippen molar-refractivity contribution in [1.82, 2.24) is 19.1 Å². The highest BCUT2D eigenvalue weighted by atomic mass is 32.2. The first-order chi connectivity index (χ1) is 20.1. The van der Waals surface area contributed by atoms with E-state index in [9.17, 15) is 27.6 Å². The minimum Gasteiger partial charge on any atom is -0.480 e. The molecule has 0 bridgehead atoms. The number of carbonyl (C=O) groups excluding carboxylic acids is 2. The lowest BCUT2D eigenvalue weighted by molar-refractivity contribution is -0.141. The Morgan fingerprint density at radius 1 is 1.19 bits per heavy atom. The number of hydrogen-bond donors (Lipinski definition) is 1. The lowest BCUT2D eigenvalue weighted by Gasteiger charge is -2.42. The lowest BCUT2D eigenvalue weighted by Crippen LogP contribution is -2.51. The third-order valence-electron chi connectivity index (χ3n) is 8.88. The molecular weight excluding hydrogens is 587 g/mol. The van der Waals surface area contributed by atoms with Crippen LogP contribution < -0.4 is 0 Å². The molecular formula is C29H38F3N5O5S. The Bertz CT molecular complexity index is 1250. The molecule has 1 N–H and O–H groups in total. The summed E-state index contributed by atoms with van der Waals surface area (Å²) in [5, 5.41) is 18.2. The number of aliphatic carboxylic acids is 1. The average Bonchev–Trinajstić information content (AvgIpc) is 3.09. The number of nitrogens with zero attached hydrogens (tertiary/aromatic N) is 5. The average molecular weight is 626 g/mol. The normalized spacial score (nSPS) is 28.3. The number of ether oxygens (including phenoxy) is 1. The van der Waals surface area contributed by atoms with E-state index in [0.29, 0.717) is 37.3 Å². The number of imide groups is 1. The van der Waals surface area contributed by atoms with E-state index in [0.717, 1.165) is 48.7 Å². The zero-order chi connectivity index (χ0) is 31.7. The van der Waals surface area contributed by atoms with Gasteiger partial charge in [0.1, 0.15) is 11.6 Å². The SMILES string of the molecule is CC1CC(OCCC2CCC(N3C(=O)N(Sc4cnc(C#N)c(C(F)(F)F)c4)C(=O)C3(C)C)CC2)CC(C)N1CC(=O)O. The molecule has 1 aromatic heterocycles. The van der Waals surface area contributed by atoms with Crippen LogP contribution in [0.2, 0.25) is 0 Å². The fourth-order valence-electron chi connectivity index (χ4n) is 6.63. The molecule has 2 atom stereocenters. The summed E-state index contributed by atoms with van der Waals surface area (Å²) in [7, 11) is 0. The molecule has 2 unspecified atom stereocenters. The van der Waals surface area contributed by atoms with E-state index in [-0.39, 0.29) is 35.7 Å². The number of alkyl halides is 3. The predicted octanol–water partition coefficient (Wildman–Crippen LogP) is 5.31. The van der Waals surface area contributed by atoms with Crippen molar-refractivity contribution < 1.29 is 37.4 Å². The monoisotopic (exact) mass is 625 g/mol. The van der Waals surface area contributed by atoms with Crippen molar-refractivity contribution in [1.29, 1.82) is 5.26 Å². The number of carboxylic acid groups (broad SMARTS) is 1. The zero-order valence-corrected chi connectivity index (χ0v) is 25.6. The van der Waals surface area contributed by atoms with Gasteiger partial charge in [-0.1, -0.05) is 0 Å². The van der Waals surface area contributed by atoms with Gasteiger partial charge < -0.3 is 14.7 Å². The molecule has 1 aliphatic carbocycles. The van der Waals surface area contributed by atoms with Gasteiger partial charge in [-0.3, -0.25) is 14.5 Å². The third kappa shape index (κ3) is 7.26. The van der Waals surface area contributed by atoms with E-state index in [1.807, 2.05) is 18.7 Å². The highest BCUT2D eigenvalue weighted by Crippen LogP contribution is 2.42. The number of rotatable bonds is 9. The molecule has 1 saturated carbocycles. The fraction of sp³-hybridized carbons (Fsp3) is 0.690. The quantitative estimate of drug-likeness (QED) is 0.287. The van der Waals surface area contributed by atoms with Gasteiger partial charge in [0.25, 0.3) is 5.91 Å². The summed E-state index contributed by atoms with van der Waals surface area (Å²) in [6.07, 6.45) is 1.89. The number of aromatic nitrogens is 1. The smallest absolute Gasteiger partial charge is 0.419 e. The van der Waals surface area contributed by atoms with Crippen LogP contribution in [0.25, 0.3) is 0 Å². The molecule has 0 aromatic carbocycles. The Morgan fingerprint density at radius 3 is 2.37 bits per heavy atom. The fourth-order valence-corrected chi connectivity index (χ4v) is 7.59. The van der Waals surface area contributed by atoms with Crippen molar-refractivity contribution in [3.05, 3.63) is 23.5 Å². The van der Waals surface area contributed by atoms with Gasteiger partial charge in [-0.15, -0.1) is 0 Å². The van der Waals surface area contributed by atoms with Gasteiger partial charge in [0.15, 0.2) is 5.69 Å². The van der Waals surface area contributed by atoms with Crippen LogP contribution in [0.15, 0.2) is 17.2 Å². The Morgan fingerprint density at radius 2 is 1.81 bits per heavy atom. The summed E-state index contributed by atoms with van der Waals surface area (Å²) in [5.41, 5.74) is -3.16. The number of urea groups is 1. The summed E-state index contributed by atoms with van der Waals surface area (Å²) in [6, 6.07) is 1.67. The molecule has 3 heterocycles. The number of hydrogen-bond acceptors (Lipinski definition) is 8. The molecule has 3 fully saturated rings. The minimum absolute atomic E-state index is 0.0301. The second kappa shape index (κ2) is 13.0. The number of carbonyl (C=O) groups is 3. The van der Waals surface area contributed by atoms with Gasteiger partial charge >= 0.3 is 18.2 Å². The second-order valence-corrected chi connectivity index (χ2v) is 13.3. The minimum atomic E-state index is -4.81. The number of amides is 3. The van der Waals surface area contributed by atoms with Gasteiger partial charge in [0.05, 0.1) is 18.2 Å². The van der Waals surface area contributed by atoms with Crippen molar-refractivity contribution in [3.63, 3.8) is 0 Å². The highest BCUT2D eigenvalue weighted by Gasteiger charge is 2.54. The summed E-state index contributed by atoms with van der Waals surface area (Å²) < 4.78 is 47.3.